The largest absolute Gasteiger partial charge is 0.342 e. The number of rotatable bonds is 4. The van der Waals surface area contributed by atoms with Crippen LogP contribution in [0.1, 0.15) is 40.5 Å². The number of hydrogen-bond acceptors (Lipinski definition) is 2. The van der Waals surface area contributed by atoms with Crippen molar-refractivity contribution in [3.8, 4) is 0 Å². The van der Waals surface area contributed by atoms with Crippen LogP contribution in [0.2, 0.25) is 0 Å². The van der Waals surface area contributed by atoms with Gasteiger partial charge in [0.25, 0.3) is 5.91 Å². The fraction of sp³-hybridized carbons (Fsp3) is 0.818. The van der Waals surface area contributed by atoms with E-state index in [1.807, 2.05) is 13.8 Å². The van der Waals surface area contributed by atoms with E-state index in [4.69, 9.17) is 0 Å². The summed E-state index contributed by atoms with van der Waals surface area (Å²) in [4.78, 5) is 15.9. The normalized spacial score (nSPS) is 28.3. The number of nitrogens with one attached hydrogen (secondary N) is 2. The average Bonchev–Trinajstić information content (AvgIpc) is 2.41. The molecule has 1 saturated heterocycles. The van der Waals surface area contributed by atoms with Crippen molar-refractivity contribution in [3.63, 3.8) is 0 Å². The van der Waals surface area contributed by atoms with Crippen LogP contribution in [-0.2, 0) is 4.79 Å². The van der Waals surface area contributed by atoms with E-state index in [9.17, 15) is 4.79 Å². The molecule has 0 radical (unpaired) electrons. The Bertz CT molecular complexity index is 273. The molecule has 0 aromatic heterocycles. The molecule has 1 rings (SSSR count). The SMILES string of the molecule is CCN=C1NC(=O)C(C)(CCC(C)C)N1. The lowest BCUT2D eigenvalue weighted by Crippen LogP contribution is -2.43. The van der Waals surface area contributed by atoms with Gasteiger partial charge in [0.05, 0.1) is 0 Å². The van der Waals surface area contributed by atoms with Crippen molar-refractivity contribution in [1.82, 2.24) is 10.6 Å². The Labute approximate surface area is 91.5 Å². The second-order valence-corrected chi connectivity index (χ2v) is 4.67. The zero-order valence-electron chi connectivity index (χ0n) is 10.1. The molecule has 1 amide bonds. The number of guanidine groups is 1. The van der Waals surface area contributed by atoms with Gasteiger partial charge in [-0.2, -0.15) is 0 Å². The number of carbonyl (C=O) groups is 1. The first-order chi connectivity index (χ1) is 6.98. The van der Waals surface area contributed by atoms with Crippen molar-refractivity contribution in [3.05, 3.63) is 0 Å². The van der Waals surface area contributed by atoms with Crippen molar-refractivity contribution in [2.45, 2.75) is 46.1 Å². The number of nitrogens with zero attached hydrogens (tertiary/aromatic N) is 1. The smallest absolute Gasteiger partial charge is 0.252 e. The van der Waals surface area contributed by atoms with E-state index in [-0.39, 0.29) is 5.91 Å². The van der Waals surface area contributed by atoms with E-state index < -0.39 is 5.54 Å². The molecule has 15 heavy (non-hydrogen) atoms. The van der Waals surface area contributed by atoms with Crippen molar-refractivity contribution < 1.29 is 4.79 Å². The lowest BCUT2D eigenvalue weighted by Gasteiger charge is -2.21. The van der Waals surface area contributed by atoms with Gasteiger partial charge in [-0.15, -0.1) is 0 Å². The number of carbonyl (C=O) groups excluding carboxylic acids is 1. The Kier molecular flexibility index (Phi) is 3.72. The Morgan fingerprint density at radius 2 is 2.13 bits per heavy atom. The van der Waals surface area contributed by atoms with Gasteiger partial charge in [0.2, 0.25) is 0 Å². The highest BCUT2D eigenvalue weighted by atomic mass is 16.2. The minimum Gasteiger partial charge on any atom is -0.342 e. The summed E-state index contributed by atoms with van der Waals surface area (Å²) in [7, 11) is 0. The van der Waals surface area contributed by atoms with Crippen molar-refractivity contribution in [2.75, 3.05) is 6.54 Å². The molecule has 1 atom stereocenters. The third-order valence-electron chi connectivity index (χ3n) is 2.67. The molecule has 1 aliphatic rings. The second-order valence-electron chi connectivity index (χ2n) is 4.67. The summed E-state index contributed by atoms with van der Waals surface area (Å²) >= 11 is 0. The van der Waals surface area contributed by atoms with Gasteiger partial charge in [-0.05, 0) is 32.6 Å². The molecule has 1 fully saturated rings. The van der Waals surface area contributed by atoms with Gasteiger partial charge < -0.3 is 5.32 Å². The van der Waals surface area contributed by atoms with Gasteiger partial charge in [0.15, 0.2) is 5.96 Å². The summed E-state index contributed by atoms with van der Waals surface area (Å²) in [6.45, 7) is 8.89. The van der Waals surface area contributed by atoms with E-state index in [0.29, 0.717) is 18.4 Å². The van der Waals surface area contributed by atoms with E-state index in [1.54, 1.807) is 0 Å². The minimum absolute atomic E-state index is 0.0374. The van der Waals surface area contributed by atoms with Crippen LogP contribution in [0.5, 0.6) is 0 Å². The first-order valence-corrected chi connectivity index (χ1v) is 5.62. The van der Waals surface area contributed by atoms with Crippen molar-refractivity contribution in [1.29, 1.82) is 0 Å². The molecule has 1 unspecified atom stereocenters. The zero-order chi connectivity index (χ0) is 11.5. The summed E-state index contributed by atoms with van der Waals surface area (Å²) in [5, 5.41) is 5.93. The summed E-state index contributed by atoms with van der Waals surface area (Å²) in [6, 6.07) is 0. The molecule has 0 saturated carbocycles. The van der Waals surface area contributed by atoms with Crippen molar-refractivity contribution in [2.24, 2.45) is 10.9 Å². The van der Waals surface area contributed by atoms with Crippen LogP contribution in [0.25, 0.3) is 0 Å². The highest BCUT2D eigenvalue weighted by molar-refractivity contribution is 6.08. The van der Waals surface area contributed by atoms with Crippen LogP contribution in [0.15, 0.2) is 4.99 Å². The lowest BCUT2D eigenvalue weighted by molar-refractivity contribution is -0.123. The van der Waals surface area contributed by atoms with E-state index in [1.165, 1.54) is 0 Å². The molecule has 0 aromatic rings. The van der Waals surface area contributed by atoms with Crippen LogP contribution in [0.4, 0.5) is 0 Å². The van der Waals surface area contributed by atoms with Crippen LogP contribution in [0.3, 0.4) is 0 Å². The maximum atomic E-state index is 11.7. The topological polar surface area (TPSA) is 53.5 Å². The summed E-state index contributed by atoms with van der Waals surface area (Å²) in [5.74, 6) is 1.27. The second kappa shape index (κ2) is 4.64. The Morgan fingerprint density at radius 3 is 2.67 bits per heavy atom. The lowest BCUT2D eigenvalue weighted by atomic mass is 9.92. The van der Waals surface area contributed by atoms with Crippen molar-refractivity contribution >= 4 is 11.9 Å². The van der Waals surface area contributed by atoms with Gasteiger partial charge >= 0.3 is 0 Å². The van der Waals surface area contributed by atoms with Gasteiger partial charge in [-0.25, -0.2) is 0 Å². The maximum Gasteiger partial charge on any atom is 0.252 e. The number of amides is 1. The first kappa shape index (κ1) is 12.0. The summed E-state index contributed by atoms with van der Waals surface area (Å²) in [5.41, 5.74) is -0.474. The fourth-order valence-corrected chi connectivity index (χ4v) is 1.59. The molecule has 86 valence electrons. The van der Waals surface area contributed by atoms with E-state index in [2.05, 4.69) is 29.5 Å². The van der Waals surface area contributed by atoms with E-state index >= 15 is 0 Å². The quantitative estimate of drug-likeness (QED) is 0.736. The molecule has 0 aromatic carbocycles. The number of aliphatic imine (C=N–C) groups is 1. The van der Waals surface area contributed by atoms with E-state index in [0.717, 1.165) is 12.8 Å². The standard InChI is InChI=1S/C11H21N3O/c1-5-12-10-13-9(15)11(4,14-10)7-6-8(2)3/h8H,5-7H2,1-4H3,(H2,12,13,14,15). The van der Waals surface area contributed by atoms with Gasteiger partial charge in [0.1, 0.15) is 5.54 Å². The molecule has 4 heteroatoms. The highest BCUT2D eigenvalue weighted by Crippen LogP contribution is 2.19. The van der Waals surface area contributed by atoms with Crippen LogP contribution in [0, 0.1) is 5.92 Å². The molecule has 0 bridgehead atoms. The predicted molar refractivity (Wildman–Crippen MR) is 61.7 cm³/mol. The molecule has 4 nitrogen and oxygen atoms in total. The molecular formula is C11H21N3O. The third-order valence-corrected chi connectivity index (χ3v) is 2.67. The monoisotopic (exact) mass is 211 g/mol. The fourth-order valence-electron chi connectivity index (χ4n) is 1.59. The Hall–Kier alpha value is -1.06. The van der Waals surface area contributed by atoms with Gasteiger partial charge in [-0.1, -0.05) is 13.8 Å². The van der Waals surface area contributed by atoms with Crippen LogP contribution < -0.4 is 10.6 Å². The van der Waals surface area contributed by atoms with Crippen LogP contribution >= 0.6 is 0 Å². The average molecular weight is 211 g/mol. The summed E-state index contributed by atoms with van der Waals surface area (Å²) in [6.07, 6.45) is 1.88. The molecule has 0 spiro atoms. The zero-order valence-corrected chi connectivity index (χ0v) is 10.1. The Morgan fingerprint density at radius 1 is 1.47 bits per heavy atom. The van der Waals surface area contributed by atoms with Gasteiger partial charge in [-0.3, -0.25) is 15.1 Å². The molecule has 2 N–H and O–H groups in total. The molecular weight excluding hydrogens is 190 g/mol. The molecule has 1 aliphatic heterocycles. The predicted octanol–water partition coefficient (Wildman–Crippen LogP) is 1.28. The third kappa shape index (κ3) is 2.94. The Balaban J connectivity index is 2.61. The molecule has 1 heterocycles. The summed E-state index contributed by atoms with van der Waals surface area (Å²) < 4.78 is 0. The molecule has 0 aliphatic carbocycles. The van der Waals surface area contributed by atoms with Gasteiger partial charge in [0, 0.05) is 6.54 Å². The first-order valence-electron chi connectivity index (χ1n) is 5.62. The number of hydrogen-bond donors (Lipinski definition) is 2. The highest BCUT2D eigenvalue weighted by Gasteiger charge is 2.40. The minimum atomic E-state index is -0.474. The maximum absolute atomic E-state index is 11.7. The van der Waals surface area contributed by atoms with Crippen LogP contribution in [-0.4, -0.2) is 24.0 Å².